The summed E-state index contributed by atoms with van der Waals surface area (Å²) < 4.78 is 0. The molecule has 3 rings (SSSR count). The third kappa shape index (κ3) is 3.39. The fourth-order valence-electron chi connectivity index (χ4n) is 2.46. The molecule has 3 heterocycles. The van der Waals surface area contributed by atoms with Gasteiger partial charge in [0, 0.05) is 0 Å². The number of thiophene rings is 1. The number of tetrazole rings is 1. The smallest absolute Gasteiger partial charge is 0.214 e. The second kappa shape index (κ2) is 6.25. The predicted molar refractivity (Wildman–Crippen MR) is 76.0 cm³/mol. The molecule has 19 heavy (non-hydrogen) atoms. The van der Waals surface area contributed by atoms with Crippen molar-refractivity contribution >= 4 is 11.3 Å². The molecule has 0 atom stereocenters. The fourth-order valence-corrected chi connectivity index (χ4v) is 3.11. The van der Waals surface area contributed by atoms with E-state index in [0.717, 1.165) is 30.2 Å². The third-order valence-electron chi connectivity index (χ3n) is 3.48. The number of rotatable bonds is 5. The first-order chi connectivity index (χ1) is 9.42. The summed E-state index contributed by atoms with van der Waals surface area (Å²) in [7, 11) is 0. The first kappa shape index (κ1) is 12.7. The van der Waals surface area contributed by atoms with Gasteiger partial charge in [-0.05, 0) is 55.6 Å². The SMILES string of the molecule is c1csc(-c2nnn(CCCN3CCCCC3)n2)c1. The molecule has 0 spiro atoms. The van der Waals surface area contributed by atoms with Crippen LogP contribution in [0.4, 0.5) is 0 Å². The van der Waals surface area contributed by atoms with Crippen molar-refractivity contribution in [3.63, 3.8) is 0 Å². The minimum Gasteiger partial charge on any atom is -0.303 e. The number of nitrogens with zero attached hydrogens (tertiary/aromatic N) is 5. The summed E-state index contributed by atoms with van der Waals surface area (Å²) in [6.45, 7) is 4.52. The zero-order valence-electron chi connectivity index (χ0n) is 11.0. The number of piperidine rings is 1. The monoisotopic (exact) mass is 277 g/mol. The third-order valence-corrected chi connectivity index (χ3v) is 4.34. The van der Waals surface area contributed by atoms with Gasteiger partial charge in [0.25, 0.3) is 0 Å². The lowest BCUT2D eigenvalue weighted by atomic mass is 10.1. The highest BCUT2D eigenvalue weighted by molar-refractivity contribution is 7.13. The van der Waals surface area contributed by atoms with Crippen LogP contribution in [0.1, 0.15) is 25.7 Å². The fraction of sp³-hybridized carbons (Fsp3) is 0.615. The molecule has 0 aliphatic carbocycles. The van der Waals surface area contributed by atoms with Crippen molar-refractivity contribution in [1.29, 1.82) is 0 Å². The molecule has 0 saturated carbocycles. The van der Waals surface area contributed by atoms with Crippen molar-refractivity contribution in [3.05, 3.63) is 17.5 Å². The molecule has 0 amide bonds. The minimum absolute atomic E-state index is 0.743. The van der Waals surface area contributed by atoms with Crippen molar-refractivity contribution in [3.8, 4) is 10.7 Å². The summed E-state index contributed by atoms with van der Waals surface area (Å²) in [6.07, 6.45) is 5.19. The van der Waals surface area contributed by atoms with E-state index in [1.807, 2.05) is 17.5 Å². The first-order valence-electron chi connectivity index (χ1n) is 6.96. The Hall–Kier alpha value is -1.27. The van der Waals surface area contributed by atoms with Crippen LogP contribution in [0.25, 0.3) is 10.7 Å². The standard InChI is InChI=1S/C13H19N5S/c1-2-7-17(8-3-1)9-5-10-18-15-13(14-16-18)12-6-4-11-19-12/h4,6,11H,1-3,5,7-10H2. The van der Waals surface area contributed by atoms with Gasteiger partial charge < -0.3 is 4.90 Å². The molecule has 1 saturated heterocycles. The lowest BCUT2D eigenvalue weighted by Gasteiger charge is -2.26. The van der Waals surface area contributed by atoms with E-state index in [4.69, 9.17) is 0 Å². The number of aryl methyl sites for hydroxylation is 1. The highest BCUT2D eigenvalue weighted by Gasteiger charge is 2.10. The van der Waals surface area contributed by atoms with Crippen molar-refractivity contribution in [2.45, 2.75) is 32.2 Å². The maximum atomic E-state index is 4.42. The van der Waals surface area contributed by atoms with Crippen molar-refractivity contribution in [2.24, 2.45) is 0 Å². The van der Waals surface area contributed by atoms with Crippen LogP contribution in [0, 0.1) is 0 Å². The van der Waals surface area contributed by atoms with Gasteiger partial charge >= 0.3 is 0 Å². The summed E-state index contributed by atoms with van der Waals surface area (Å²) in [5.74, 6) is 0.743. The van der Waals surface area contributed by atoms with E-state index in [1.165, 1.54) is 32.4 Å². The van der Waals surface area contributed by atoms with Gasteiger partial charge in [0.15, 0.2) is 0 Å². The van der Waals surface area contributed by atoms with Crippen LogP contribution in [0.15, 0.2) is 17.5 Å². The Morgan fingerprint density at radius 3 is 2.84 bits per heavy atom. The van der Waals surface area contributed by atoms with Crippen LogP contribution in [0.3, 0.4) is 0 Å². The number of hydrogen-bond donors (Lipinski definition) is 0. The van der Waals surface area contributed by atoms with Gasteiger partial charge in [-0.25, -0.2) is 0 Å². The zero-order chi connectivity index (χ0) is 12.9. The Balaban J connectivity index is 1.48. The topological polar surface area (TPSA) is 46.8 Å². The van der Waals surface area contributed by atoms with Crippen LogP contribution in [0.5, 0.6) is 0 Å². The molecule has 2 aromatic heterocycles. The van der Waals surface area contributed by atoms with Crippen molar-refractivity contribution < 1.29 is 0 Å². The Kier molecular flexibility index (Phi) is 4.20. The van der Waals surface area contributed by atoms with Gasteiger partial charge in [0.05, 0.1) is 11.4 Å². The van der Waals surface area contributed by atoms with Gasteiger partial charge in [0.1, 0.15) is 0 Å². The van der Waals surface area contributed by atoms with Gasteiger partial charge in [-0.1, -0.05) is 12.5 Å². The Morgan fingerprint density at radius 2 is 2.05 bits per heavy atom. The summed E-state index contributed by atoms with van der Waals surface area (Å²) in [4.78, 5) is 5.35. The number of aromatic nitrogens is 4. The van der Waals surface area contributed by atoms with E-state index >= 15 is 0 Å². The van der Waals surface area contributed by atoms with Crippen LogP contribution < -0.4 is 0 Å². The number of likely N-dealkylation sites (tertiary alicyclic amines) is 1. The molecule has 0 unspecified atom stereocenters. The summed E-state index contributed by atoms with van der Waals surface area (Å²) in [5, 5.41) is 14.7. The maximum Gasteiger partial charge on any atom is 0.214 e. The van der Waals surface area contributed by atoms with E-state index in [0.29, 0.717) is 0 Å². The Labute approximate surface area is 117 Å². The minimum atomic E-state index is 0.743. The highest BCUT2D eigenvalue weighted by atomic mass is 32.1. The molecule has 0 aromatic carbocycles. The average Bonchev–Trinajstić information content (AvgIpc) is 3.10. The van der Waals surface area contributed by atoms with E-state index in [1.54, 1.807) is 16.1 Å². The molecule has 1 fully saturated rings. The lowest BCUT2D eigenvalue weighted by Crippen LogP contribution is -2.31. The van der Waals surface area contributed by atoms with E-state index in [9.17, 15) is 0 Å². The predicted octanol–water partition coefficient (Wildman–Crippen LogP) is 2.28. The molecular weight excluding hydrogens is 258 g/mol. The molecule has 6 heteroatoms. The zero-order valence-corrected chi connectivity index (χ0v) is 11.8. The van der Waals surface area contributed by atoms with Gasteiger partial charge in [-0.2, -0.15) is 4.80 Å². The molecule has 0 bridgehead atoms. The van der Waals surface area contributed by atoms with Gasteiger partial charge in [-0.15, -0.1) is 21.5 Å². The average molecular weight is 277 g/mol. The molecule has 5 nitrogen and oxygen atoms in total. The van der Waals surface area contributed by atoms with Crippen LogP contribution in [-0.2, 0) is 6.54 Å². The summed E-state index contributed by atoms with van der Waals surface area (Å²) in [6, 6.07) is 4.04. The Bertz CT molecular complexity index is 487. The van der Waals surface area contributed by atoms with Crippen LogP contribution >= 0.6 is 11.3 Å². The van der Waals surface area contributed by atoms with Gasteiger partial charge in [-0.3, -0.25) is 0 Å². The van der Waals surface area contributed by atoms with Crippen LogP contribution in [-0.4, -0.2) is 44.7 Å². The highest BCUT2D eigenvalue weighted by Crippen LogP contribution is 2.19. The molecule has 102 valence electrons. The lowest BCUT2D eigenvalue weighted by molar-refractivity contribution is 0.220. The van der Waals surface area contributed by atoms with E-state index in [2.05, 4.69) is 20.3 Å². The molecule has 0 N–H and O–H groups in total. The summed E-state index contributed by atoms with van der Waals surface area (Å²) >= 11 is 1.65. The normalized spacial score (nSPS) is 16.8. The van der Waals surface area contributed by atoms with Crippen molar-refractivity contribution in [1.82, 2.24) is 25.1 Å². The molecule has 1 aliphatic rings. The molecule has 0 radical (unpaired) electrons. The number of hydrogen-bond acceptors (Lipinski definition) is 5. The first-order valence-corrected chi connectivity index (χ1v) is 7.84. The molecule has 2 aromatic rings. The Morgan fingerprint density at radius 1 is 1.16 bits per heavy atom. The maximum absolute atomic E-state index is 4.42. The molecule has 1 aliphatic heterocycles. The molecular formula is C13H19N5S. The quantitative estimate of drug-likeness (QED) is 0.841. The largest absolute Gasteiger partial charge is 0.303 e. The second-order valence-electron chi connectivity index (χ2n) is 4.94. The van der Waals surface area contributed by atoms with Crippen molar-refractivity contribution in [2.75, 3.05) is 19.6 Å². The summed E-state index contributed by atoms with van der Waals surface area (Å²) in [5.41, 5.74) is 0. The van der Waals surface area contributed by atoms with Gasteiger partial charge in [0.2, 0.25) is 5.82 Å². The second-order valence-corrected chi connectivity index (χ2v) is 5.89. The van der Waals surface area contributed by atoms with E-state index < -0.39 is 0 Å². The van der Waals surface area contributed by atoms with Crippen LogP contribution in [0.2, 0.25) is 0 Å². The van der Waals surface area contributed by atoms with E-state index in [-0.39, 0.29) is 0 Å².